The van der Waals surface area contributed by atoms with E-state index < -0.39 is 23.4 Å². The van der Waals surface area contributed by atoms with E-state index in [1.807, 2.05) is 24.3 Å². The third-order valence-corrected chi connectivity index (χ3v) is 4.18. The number of hydrogen-bond donors (Lipinski definition) is 2. The van der Waals surface area contributed by atoms with Gasteiger partial charge in [-0.25, -0.2) is 9.18 Å². The number of rotatable bonds is 5. The first kappa shape index (κ1) is 21.2. The van der Waals surface area contributed by atoms with Crippen molar-refractivity contribution in [2.75, 3.05) is 17.7 Å². The van der Waals surface area contributed by atoms with Crippen LogP contribution in [0, 0.1) is 5.82 Å². The zero-order valence-corrected chi connectivity index (χ0v) is 17.3. The Morgan fingerprint density at radius 1 is 1.07 bits per heavy atom. The van der Waals surface area contributed by atoms with Crippen LogP contribution in [0.3, 0.4) is 0 Å². The molecule has 1 heterocycles. The second kappa shape index (κ2) is 8.44. The van der Waals surface area contributed by atoms with Crippen molar-refractivity contribution in [2.45, 2.75) is 32.9 Å². The minimum atomic E-state index is -0.666. The van der Waals surface area contributed by atoms with Gasteiger partial charge in [0.15, 0.2) is 0 Å². The maximum absolute atomic E-state index is 14.2. The first-order valence-corrected chi connectivity index (χ1v) is 9.37. The lowest BCUT2D eigenvalue weighted by Gasteiger charge is -2.20. The van der Waals surface area contributed by atoms with E-state index in [4.69, 9.17) is 9.47 Å². The summed E-state index contributed by atoms with van der Waals surface area (Å²) in [5, 5.41) is 6.00. The molecule has 1 aromatic heterocycles. The van der Waals surface area contributed by atoms with Crippen LogP contribution in [0.2, 0.25) is 0 Å². The molecule has 0 aliphatic heterocycles. The highest BCUT2D eigenvalue weighted by atomic mass is 19.1. The molecule has 0 radical (unpaired) electrons. The first-order chi connectivity index (χ1) is 14.1. The van der Waals surface area contributed by atoms with Crippen LogP contribution >= 0.6 is 0 Å². The van der Waals surface area contributed by atoms with Crippen LogP contribution in [0.25, 0.3) is 10.9 Å². The van der Waals surface area contributed by atoms with Gasteiger partial charge < -0.3 is 19.4 Å². The highest BCUT2D eigenvalue weighted by molar-refractivity contribution is 5.93. The molecule has 30 heavy (non-hydrogen) atoms. The number of nitrogens with zero attached hydrogens (tertiary/aromatic N) is 1. The Bertz CT molecular complexity index is 1090. The summed E-state index contributed by atoms with van der Waals surface area (Å²) in [4.78, 5) is 24.4. The molecule has 0 bridgehead atoms. The summed E-state index contributed by atoms with van der Waals surface area (Å²) in [7, 11) is 1.59. The molecule has 0 spiro atoms. The normalized spacial score (nSPS) is 11.2. The van der Waals surface area contributed by atoms with Gasteiger partial charge in [0.1, 0.15) is 23.7 Å². The van der Waals surface area contributed by atoms with E-state index in [1.54, 1.807) is 38.6 Å². The molecule has 8 heteroatoms. The first-order valence-electron chi connectivity index (χ1n) is 9.37. The molecule has 0 fully saturated rings. The van der Waals surface area contributed by atoms with Gasteiger partial charge in [0, 0.05) is 22.8 Å². The number of methoxy groups -OCH3 is 1. The zero-order chi connectivity index (χ0) is 21.9. The molecule has 158 valence electrons. The van der Waals surface area contributed by atoms with E-state index in [9.17, 15) is 14.0 Å². The molecule has 2 N–H and O–H groups in total. The monoisotopic (exact) mass is 413 g/mol. The molecule has 0 saturated carbocycles. The number of benzene rings is 2. The molecule has 0 unspecified atom stereocenters. The highest BCUT2D eigenvalue weighted by Crippen LogP contribution is 2.23. The second-order valence-corrected chi connectivity index (χ2v) is 7.74. The predicted molar refractivity (Wildman–Crippen MR) is 113 cm³/mol. The fourth-order valence-electron chi connectivity index (χ4n) is 2.91. The Kier molecular flexibility index (Phi) is 5.96. The summed E-state index contributed by atoms with van der Waals surface area (Å²) in [6.07, 6.45) is 1.11. The van der Waals surface area contributed by atoms with Gasteiger partial charge in [-0.1, -0.05) is 0 Å². The van der Waals surface area contributed by atoms with E-state index in [1.165, 1.54) is 18.2 Å². The lowest BCUT2D eigenvalue weighted by atomic mass is 10.2. The lowest BCUT2D eigenvalue weighted by Crippen LogP contribution is -2.27. The van der Waals surface area contributed by atoms with Crippen LogP contribution < -0.4 is 15.4 Å². The van der Waals surface area contributed by atoms with E-state index >= 15 is 0 Å². The molecule has 3 aromatic rings. The molecular weight excluding hydrogens is 389 g/mol. The summed E-state index contributed by atoms with van der Waals surface area (Å²) in [6.45, 7) is 5.22. The molecule has 0 aliphatic carbocycles. The van der Waals surface area contributed by atoms with E-state index in [0.29, 0.717) is 5.69 Å². The van der Waals surface area contributed by atoms with Gasteiger partial charge in [0.25, 0.3) is 0 Å². The number of ether oxygens (including phenoxy) is 2. The standard InChI is InChI=1S/C22H24FN3O4/c1-22(2,3)30-21(28)24-15-5-7-17(23)18(12-15)25-20(27)13-26-10-9-14-11-16(29-4)6-8-19(14)26/h5-12H,13H2,1-4H3,(H,24,28)(H,25,27). The van der Waals surface area contributed by atoms with E-state index in [-0.39, 0.29) is 12.2 Å². The molecule has 0 atom stereocenters. The predicted octanol–water partition coefficient (Wildman–Crippen LogP) is 4.77. The number of anilines is 2. The van der Waals surface area contributed by atoms with Crippen molar-refractivity contribution in [3.8, 4) is 5.75 Å². The van der Waals surface area contributed by atoms with Gasteiger partial charge in [-0.15, -0.1) is 0 Å². The Hall–Kier alpha value is -3.55. The van der Waals surface area contributed by atoms with Gasteiger partial charge in [-0.3, -0.25) is 10.1 Å². The molecule has 2 amide bonds. The number of carbonyl (C=O) groups is 2. The average molecular weight is 413 g/mol. The van der Waals surface area contributed by atoms with Gasteiger partial charge >= 0.3 is 6.09 Å². The summed E-state index contributed by atoms with van der Waals surface area (Å²) >= 11 is 0. The third kappa shape index (κ3) is 5.28. The molecule has 7 nitrogen and oxygen atoms in total. The lowest BCUT2D eigenvalue weighted by molar-refractivity contribution is -0.116. The maximum Gasteiger partial charge on any atom is 0.412 e. The van der Waals surface area contributed by atoms with Crippen molar-refractivity contribution in [1.29, 1.82) is 0 Å². The van der Waals surface area contributed by atoms with Crippen LogP contribution in [0.5, 0.6) is 5.75 Å². The second-order valence-electron chi connectivity index (χ2n) is 7.74. The highest BCUT2D eigenvalue weighted by Gasteiger charge is 2.17. The summed E-state index contributed by atoms with van der Waals surface area (Å²) in [5.74, 6) is -0.294. The number of aromatic nitrogens is 1. The van der Waals surface area contributed by atoms with Crippen LogP contribution in [-0.2, 0) is 16.1 Å². The van der Waals surface area contributed by atoms with Crippen LogP contribution in [-0.4, -0.2) is 29.3 Å². The topological polar surface area (TPSA) is 81.6 Å². The number of amides is 2. The van der Waals surface area contributed by atoms with Gasteiger partial charge in [0.05, 0.1) is 12.8 Å². The number of fused-ring (bicyclic) bond motifs is 1. The Balaban J connectivity index is 1.70. The summed E-state index contributed by atoms with van der Waals surface area (Å²) in [6, 6.07) is 11.3. The van der Waals surface area contributed by atoms with Crippen molar-refractivity contribution in [3.63, 3.8) is 0 Å². The fraction of sp³-hybridized carbons (Fsp3) is 0.273. The largest absolute Gasteiger partial charge is 0.497 e. The smallest absolute Gasteiger partial charge is 0.412 e. The average Bonchev–Trinajstić information content (AvgIpc) is 3.04. The van der Waals surface area contributed by atoms with Gasteiger partial charge in [-0.2, -0.15) is 0 Å². The van der Waals surface area contributed by atoms with Crippen LogP contribution in [0.1, 0.15) is 20.8 Å². The Labute approximate surface area is 173 Å². The Morgan fingerprint density at radius 2 is 1.83 bits per heavy atom. The van der Waals surface area contributed by atoms with Crippen LogP contribution in [0.4, 0.5) is 20.6 Å². The molecule has 0 saturated heterocycles. The summed E-state index contributed by atoms with van der Waals surface area (Å²) in [5.41, 5.74) is 0.461. The van der Waals surface area contributed by atoms with Crippen molar-refractivity contribution in [3.05, 3.63) is 54.5 Å². The number of halogens is 1. The van der Waals surface area contributed by atoms with Crippen molar-refractivity contribution >= 4 is 34.3 Å². The molecule has 3 rings (SSSR count). The minimum Gasteiger partial charge on any atom is -0.497 e. The van der Waals surface area contributed by atoms with Crippen LogP contribution in [0.15, 0.2) is 48.7 Å². The molecule has 0 aliphatic rings. The van der Waals surface area contributed by atoms with Gasteiger partial charge in [0.2, 0.25) is 5.91 Å². The minimum absolute atomic E-state index is 0.00100. The SMILES string of the molecule is COc1ccc2c(ccn2CC(=O)Nc2cc(NC(=O)OC(C)(C)C)ccc2F)c1. The van der Waals surface area contributed by atoms with Crippen molar-refractivity contribution in [1.82, 2.24) is 4.57 Å². The summed E-state index contributed by atoms with van der Waals surface area (Å²) < 4.78 is 26.3. The Morgan fingerprint density at radius 3 is 2.53 bits per heavy atom. The quantitative estimate of drug-likeness (QED) is 0.631. The number of hydrogen-bond acceptors (Lipinski definition) is 4. The maximum atomic E-state index is 14.2. The number of nitrogens with one attached hydrogen (secondary N) is 2. The van der Waals surface area contributed by atoms with Crippen molar-refractivity contribution in [2.24, 2.45) is 0 Å². The molecule has 2 aromatic carbocycles. The van der Waals surface area contributed by atoms with E-state index in [2.05, 4.69) is 10.6 Å². The van der Waals surface area contributed by atoms with Gasteiger partial charge in [-0.05, 0) is 63.2 Å². The number of carbonyl (C=O) groups excluding carboxylic acids is 2. The fourth-order valence-corrected chi connectivity index (χ4v) is 2.91. The van der Waals surface area contributed by atoms with Crippen molar-refractivity contribution < 1.29 is 23.5 Å². The zero-order valence-electron chi connectivity index (χ0n) is 17.3. The molecular formula is C22H24FN3O4. The van der Waals surface area contributed by atoms with E-state index in [0.717, 1.165) is 16.7 Å². The third-order valence-electron chi connectivity index (χ3n) is 4.18.